The highest BCUT2D eigenvalue weighted by atomic mass is 16.3. The van der Waals surface area contributed by atoms with Crippen LogP contribution in [0.3, 0.4) is 0 Å². The monoisotopic (exact) mass is 340 g/mol. The topological polar surface area (TPSA) is 87.1 Å². The Balaban J connectivity index is 1.77. The number of nitrogens with one attached hydrogen (secondary N) is 2. The number of benzene rings is 1. The minimum absolute atomic E-state index is 0.116. The third kappa shape index (κ3) is 4.26. The molecule has 1 amide bonds. The normalized spacial score (nSPS) is 13.5. The molecule has 6 heteroatoms. The van der Waals surface area contributed by atoms with Gasteiger partial charge in [0.1, 0.15) is 23.1 Å². The smallest absolute Gasteiger partial charge is 0.270 e. The minimum atomic E-state index is -0.116. The fourth-order valence-corrected chi connectivity index (χ4v) is 2.93. The van der Waals surface area contributed by atoms with Crippen molar-refractivity contribution in [3.05, 3.63) is 46.9 Å². The Labute approximate surface area is 147 Å². The first kappa shape index (κ1) is 17.2. The van der Waals surface area contributed by atoms with Gasteiger partial charge in [-0.1, -0.05) is 26.0 Å². The van der Waals surface area contributed by atoms with Gasteiger partial charge in [0.05, 0.1) is 0 Å². The van der Waals surface area contributed by atoms with Gasteiger partial charge in [0, 0.05) is 25.1 Å². The molecule has 6 nitrogen and oxygen atoms in total. The highest BCUT2D eigenvalue weighted by Crippen LogP contribution is 2.21. The molecular weight excluding hydrogens is 316 g/mol. The summed E-state index contributed by atoms with van der Waals surface area (Å²) in [6.07, 6.45) is 2.29. The lowest BCUT2D eigenvalue weighted by Crippen LogP contribution is -2.34. The molecule has 0 atom stereocenters. The van der Waals surface area contributed by atoms with Crippen LogP contribution in [0.1, 0.15) is 41.3 Å². The van der Waals surface area contributed by atoms with E-state index in [1.807, 2.05) is 12.1 Å². The van der Waals surface area contributed by atoms with Crippen LogP contribution in [0.15, 0.2) is 24.3 Å². The van der Waals surface area contributed by atoms with Crippen LogP contribution in [0.4, 0.5) is 5.82 Å². The van der Waals surface area contributed by atoms with Gasteiger partial charge in [0.2, 0.25) is 0 Å². The Bertz CT molecular complexity index is 757. The van der Waals surface area contributed by atoms with Gasteiger partial charge >= 0.3 is 0 Å². The largest absolute Gasteiger partial charge is 0.508 e. The standard InChI is InChI=1S/C19H24N4O2/c1-12(2)11-16-22-17-15(8-10-21-19(17)25)18(23-16)20-9-7-13-3-5-14(24)6-4-13/h3-6,12,24H,7-11H2,1-2H3,(H,21,25)(H,20,22,23). The predicted molar refractivity (Wildman–Crippen MR) is 96.9 cm³/mol. The number of carbonyl (C=O) groups is 1. The van der Waals surface area contributed by atoms with Gasteiger partial charge in [0.25, 0.3) is 5.91 Å². The highest BCUT2D eigenvalue weighted by molar-refractivity contribution is 5.96. The van der Waals surface area contributed by atoms with Crippen molar-refractivity contribution < 1.29 is 9.90 Å². The van der Waals surface area contributed by atoms with Crippen molar-refractivity contribution in [2.24, 2.45) is 5.92 Å². The average Bonchev–Trinajstić information content (AvgIpc) is 2.57. The van der Waals surface area contributed by atoms with Gasteiger partial charge in [-0.3, -0.25) is 4.79 Å². The number of phenolic OH excluding ortho intramolecular Hbond substituents is 1. The van der Waals surface area contributed by atoms with Crippen molar-refractivity contribution in [1.82, 2.24) is 15.3 Å². The lowest BCUT2D eigenvalue weighted by atomic mass is 10.0. The summed E-state index contributed by atoms with van der Waals surface area (Å²) in [6.45, 7) is 5.55. The van der Waals surface area contributed by atoms with E-state index >= 15 is 0 Å². The molecule has 2 aromatic rings. The van der Waals surface area contributed by atoms with E-state index in [9.17, 15) is 9.90 Å². The first-order valence-corrected chi connectivity index (χ1v) is 8.72. The number of amides is 1. The molecule has 0 spiro atoms. The number of fused-ring (bicyclic) bond motifs is 1. The molecular formula is C19H24N4O2. The summed E-state index contributed by atoms with van der Waals surface area (Å²) in [7, 11) is 0. The number of hydrogen-bond acceptors (Lipinski definition) is 5. The van der Waals surface area contributed by atoms with Crippen LogP contribution in [0, 0.1) is 5.92 Å². The Morgan fingerprint density at radius 3 is 2.72 bits per heavy atom. The molecule has 0 bridgehead atoms. The predicted octanol–water partition coefficient (Wildman–Crippen LogP) is 2.32. The van der Waals surface area contributed by atoms with Gasteiger partial charge < -0.3 is 15.7 Å². The van der Waals surface area contributed by atoms with Crippen molar-refractivity contribution >= 4 is 11.7 Å². The molecule has 3 rings (SSSR count). The van der Waals surface area contributed by atoms with Crippen molar-refractivity contribution in [3.8, 4) is 5.75 Å². The molecule has 2 heterocycles. The molecule has 0 saturated carbocycles. The summed E-state index contributed by atoms with van der Waals surface area (Å²) in [5.74, 6) is 2.06. The summed E-state index contributed by atoms with van der Waals surface area (Å²) < 4.78 is 0. The van der Waals surface area contributed by atoms with Crippen LogP contribution in [0.25, 0.3) is 0 Å². The van der Waals surface area contributed by atoms with E-state index in [1.165, 1.54) is 0 Å². The SMILES string of the molecule is CC(C)Cc1nc(NCCc2ccc(O)cc2)c2c(n1)C(=O)NCC2. The van der Waals surface area contributed by atoms with E-state index in [1.54, 1.807) is 12.1 Å². The molecule has 1 aliphatic rings. The number of aromatic nitrogens is 2. The van der Waals surface area contributed by atoms with Gasteiger partial charge in [0.15, 0.2) is 0 Å². The van der Waals surface area contributed by atoms with Crippen molar-refractivity contribution in [1.29, 1.82) is 0 Å². The number of nitrogens with zero attached hydrogens (tertiary/aromatic N) is 2. The van der Waals surface area contributed by atoms with Crippen LogP contribution in [0.5, 0.6) is 5.75 Å². The number of hydrogen-bond donors (Lipinski definition) is 3. The maximum Gasteiger partial charge on any atom is 0.270 e. The summed E-state index contributed by atoms with van der Waals surface area (Å²) in [6, 6.07) is 7.19. The van der Waals surface area contributed by atoms with Gasteiger partial charge in [-0.2, -0.15) is 0 Å². The zero-order valence-corrected chi connectivity index (χ0v) is 14.7. The van der Waals surface area contributed by atoms with E-state index in [2.05, 4.69) is 34.4 Å². The van der Waals surface area contributed by atoms with Gasteiger partial charge in [-0.15, -0.1) is 0 Å². The third-order valence-electron chi connectivity index (χ3n) is 4.16. The molecule has 0 aliphatic carbocycles. The number of anilines is 1. The number of aromatic hydroxyl groups is 1. The molecule has 25 heavy (non-hydrogen) atoms. The Kier molecular flexibility index (Phi) is 5.16. The van der Waals surface area contributed by atoms with E-state index in [0.29, 0.717) is 30.5 Å². The van der Waals surface area contributed by atoms with Crippen LogP contribution in [-0.2, 0) is 19.3 Å². The van der Waals surface area contributed by atoms with E-state index in [-0.39, 0.29) is 11.7 Å². The molecule has 3 N–H and O–H groups in total. The molecule has 0 radical (unpaired) electrons. The lowest BCUT2D eigenvalue weighted by molar-refractivity contribution is 0.0940. The molecule has 0 fully saturated rings. The number of carbonyl (C=O) groups excluding carboxylic acids is 1. The highest BCUT2D eigenvalue weighted by Gasteiger charge is 2.23. The second-order valence-electron chi connectivity index (χ2n) is 6.76. The molecule has 0 saturated heterocycles. The zero-order chi connectivity index (χ0) is 17.8. The fourth-order valence-electron chi connectivity index (χ4n) is 2.93. The van der Waals surface area contributed by atoms with Gasteiger partial charge in [-0.05, 0) is 36.5 Å². The first-order chi connectivity index (χ1) is 12.0. The second kappa shape index (κ2) is 7.51. The molecule has 1 aromatic carbocycles. The van der Waals surface area contributed by atoms with Crippen molar-refractivity contribution in [2.45, 2.75) is 33.1 Å². The maximum absolute atomic E-state index is 12.2. The Morgan fingerprint density at radius 1 is 1.24 bits per heavy atom. The van der Waals surface area contributed by atoms with E-state index in [0.717, 1.165) is 36.2 Å². The summed E-state index contributed by atoms with van der Waals surface area (Å²) >= 11 is 0. The molecule has 132 valence electrons. The first-order valence-electron chi connectivity index (χ1n) is 8.72. The number of rotatable bonds is 6. The summed E-state index contributed by atoms with van der Waals surface area (Å²) in [5.41, 5.74) is 2.54. The van der Waals surface area contributed by atoms with Crippen LogP contribution in [-0.4, -0.2) is 34.1 Å². The lowest BCUT2D eigenvalue weighted by Gasteiger charge is -2.20. The zero-order valence-electron chi connectivity index (χ0n) is 14.7. The molecule has 1 aromatic heterocycles. The van der Waals surface area contributed by atoms with E-state index < -0.39 is 0 Å². The average molecular weight is 340 g/mol. The Morgan fingerprint density at radius 2 is 2.00 bits per heavy atom. The van der Waals surface area contributed by atoms with Gasteiger partial charge in [-0.25, -0.2) is 9.97 Å². The fraction of sp³-hybridized carbons (Fsp3) is 0.421. The molecule has 0 unspecified atom stereocenters. The third-order valence-corrected chi connectivity index (χ3v) is 4.16. The summed E-state index contributed by atoms with van der Waals surface area (Å²) in [4.78, 5) is 21.3. The van der Waals surface area contributed by atoms with Crippen LogP contribution < -0.4 is 10.6 Å². The second-order valence-corrected chi connectivity index (χ2v) is 6.76. The minimum Gasteiger partial charge on any atom is -0.508 e. The van der Waals surface area contributed by atoms with Crippen molar-refractivity contribution in [3.63, 3.8) is 0 Å². The summed E-state index contributed by atoms with van der Waals surface area (Å²) in [5, 5.41) is 15.6. The Hall–Kier alpha value is -2.63. The maximum atomic E-state index is 12.2. The van der Waals surface area contributed by atoms with Crippen molar-refractivity contribution in [2.75, 3.05) is 18.4 Å². The number of phenols is 1. The van der Waals surface area contributed by atoms with Crippen LogP contribution in [0.2, 0.25) is 0 Å². The quantitative estimate of drug-likeness (QED) is 0.751. The van der Waals surface area contributed by atoms with E-state index in [4.69, 9.17) is 0 Å². The molecule has 1 aliphatic heterocycles. The van der Waals surface area contributed by atoms with Crippen LogP contribution >= 0.6 is 0 Å².